The van der Waals surface area contributed by atoms with E-state index in [2.05, 4.69) is 19.7 Å². The predicted molar refractivity (Wildman–Crippen MR) is 101 cm³/mol. The second-order valence-electron chi connectivity index (χ2n) is 3.49. The fraction of sp³-hybridized carbons (Fsp3) is 0.263. The summed E-state index contributed by atoms with van der Waals surface area (Å²) in [6, 6.07) is 0. The number of ether oxygens (including phenoxy) is 1. The molecule has 0 aromatic heterocycles. The van der Waals surface area contributed by atoms with E-state index in [1.807, 2.05) is 27.7 Å². The second-order valence-corrected chi connectivity index (χ2v) is 3.49. The Morgan fingerprint density at radius 2 is 1.61 bits per heavy atom. The molecule has 0 fully saturated rings. The van der Waals surface area contributed by atoms with Crippen molar-refractivity contribution in [3.05, 3.63) is 73.1 Å². The number of hydrogen-bond donors (Lipinski definition) is 2. The third-order valence-electron chi connectivity index (χ3n) is 1.92. The average Bonchev–Trinajstić information content (AvgIpc) is 2.55. The number of nitrogens with one attached hydrogen (secondary N) is 1. The lowest BCUT2D eigenvalue weighted by atomic mass is 10.2. The van der Waals surface area contributed by atoms with Crippen LogP contribution in [0.5, 0.6) is 0 Å². The van der Waals surface area contributed by atoms with Gasteiger partial charge in [0.25, 0.3) is 0 Å². The Morgan fingerprint density at radius 3 is 2.00 bits per heavy atom. The highest BCUT2D eigenvalue weighted by molar-refractivity contribution is 5.96. The van der Waals surface area contributed by atoms with Crippen molar-refractivity contribution in [3.63, 3.8) is 0 Å². The third kappa shape index (κ3) is 14.1. The Hall–Kier alpha value is -2.62. The molecule has 0 aliphatic heterocycles. The molecule has 0 amide bonds. The fourth-order valence-corrected chi connectivity index (χ4v) is 0.993. The van der Waals surface area contributed by atoms with Gasteiger partial charge in [0.2, 0.25) is 0 Å². The Kier molecular flexibility index (Phi) is 19.2. The monoisotopic (exact) mass is 318 g/mol. The van der Waals surface area contributed by atoms with Crippen LogP contribution in [-0.2, 0) is 9.53 Å². The minimum absolute atomic E-state index is 0.131. The van der Waals surface area contributed by atoms with Crippen molar-refractivity contribution in [3.8, 4) is 0 Å². The molecule has 0 aromatic carbocycles. The third-order valence-corrected chi connectivity index (χ3v) is 1.92. The van der Waals surface area contributed by atoms with E-state index in [4.69, 9.17) is 15.9 Å². The van der Waals surface area contributed by atoms with Crippen LogP contribution in [0.15, 0.2) is 73.1 Å². The summed E-state index contributed by atoms with van der Waals surface area (Å²) < 4.78 is 5.01. The van der Waals surface area contributed by atoms with E-state index < -0.39 is 5.97 Å². The average molecular weight is 318 g/mol. The normalized spacial score (nSPS) is 10.0. The van der Waals surface area contributed by atoms with Crippen molar-refractivity contribution in [2.75, 3.05) is 0 Å². The van der Waals surface area contributed by atoms with Gasteiger partial charge < -0.3 is 10.5 Å². The molecule has 23 heavy (non-hydrogen) atoms. The number of nitrogens with two attached hydrogens (primary N) is 1. The number of rotatable bonds is 7. The Morgan fingerprint density at radius 1 is 1.09 bits per heavy atom. The van der Waals surface area contributed by atoms with Crippen molar-refractivity contribution < 1.29 is 9.53 Å². The first kappa shape index (κ1) is 25.3. The molecule has 0 atom stereocenters. The fourth-order valence-electron chi connectivity index (χ4n) is 0.993. The standard InChI is InChI=1S/C15H18N2O2.2C2H6/c1-5-7-13(8-6-2)15(18)19-12(4)10-9-11(3)14(16)17;2*1-2/h5-10H,1,3-4H2,2H3,(H3,16,17);2*1-2H3/b8-6-,10-9-,13-7+;;. The first-order valence-corrected chi connectivity index (χ1v) is 7.50. The molecule has 4 heteroatoms. The molecule has 0 unspecified atom stereocenters. The maximum absolute atomic E-state index is 11.7. The van der Waals surface area contributed by atoms with Crippen LogP contribution in [0.2, 0.25) is 0 Å². The van der Waals surface area contributed by atoms with Crippen molar-refractivity contribution in [2.45, 2.75) is 34.6 Å². The Labute approximate surface area is 140 Å². The quantitative estimate of drug-likeness (QED) is 0.176. The van der Waals surface area contributed by atoms with Gasteiger partial charge in [0.15, 0.2) is 0 Å². The molecule has 0 aliphatic rings. The van der Waals surface area contributed by atoms with Crippen molar-refractivity contribution in [1.82, 2.24) is 0 Å². The highest BCUT2D eigenvalue weighted by atomic mass is 16.5. The second kappa shape index (κ2) is 17.4. The topological polar surface area (TPSA) is 76.2 Å². The van der Waals surface area contributed by atoms with Gasteiger partial charge in [-0.25, -0.2) is 4.79 Å². The summed E-state index contributed by atoms with van der Waals surface area (Å²) in [6.07, 6.45) is 9.22. The number of esters is 1. The summed E-state index contributed by atoms with van der Waals surface area (Å²) in [4.78, 5) is 11.7. The number of carbonyl (C=O) groups is 1. The van der Waals surface area contributed by atoms with E-state index in [0.717, 1.165) is 0 Å². The number of hydrogen-bond acceptors (Lipinski definition) is 3. The molecule has 0 saturated heterocycles. The summed E-state index contributed by atoms with van der Waals surface area (Å²) in [5.41, 5.74) is 5.89. The van der Waals surface area contributed by atoms with Gasteiger partial charge in [0.1, 0.15) is 11.6 Å². The highest BCUT2D eigenvalue weighted by Crippen LogP contribution is 2.07. The smallest absolute Gasteiger partial charge is 0.343 e. The van der Waals surface area contributed by atoms with Crippen LogP contribution in [0, 0.1) is 5.41 Å². The van der Waals surface area contributed by atoms with Crippen LogP contribution < -0.4 is 5.73 Å². The Bertz CT molecular complexity index is 495. The summed E-state index contributed by atoms with van der Waals surface area (Å²) in [5.74, 6) is -0.565. The van der Waals surface area contributed by atoms with Crippen molar-refractivity contribution in [2.24, 2.45) is 5.73 Å². The molecule has 128 valence electrons. The van der Waals surface area contributed by atoms with E-state index in [1.54, 1.807) is 19.1 Å². The van der Waals surface area contributed by atoms with Gasteiger partial charge in [-0.3, -0.25) is 5.41 Å². The van der Waals surface area contributed by atoms with Crippen molar-refractivity contribution in [1.29, 1.82) is 5.41 Å². The Balaban J connectivity index is -0.000000919. The summed E-state index contributed by atoms with van der Waals surface area (Å²) in [5, 5.41) is 7.12. The van der Waals surface area contributed by atoms with Crippen LogP contribution in [0.4, 0.5) is 0 Å². The molecule has 0 saturated carbocycles. The van der Waals surface area contributed by atoms with E-state index in [-0.39, 0.29) is 11.6 Å². The van der Waals surface area contributed by atoms with Crippen LogP contribution in [0.1, 0.15) is 34.6 Å². The van der Waals surface area contributed by atoms with Gasteiger partial charge in [-0.1, -0.05) is 65.7 Å². The lowest BCUT2D eigenvalue weighted by Gasteiger charge is -2.04. The first-order chi connectivity index (χ1) is 10.9. The maximum Gasteiger partial charge on any atom is 0.343 e. The van der Waals surface area contributed by atoms with E-state index in [9.17, 15) is 4.79 Å². The van der Waals surface area contributed by atoms with Gasteiger partial charge in [-0.2, -0.15) is 0 Å². The molecule has 0 rings (SSSR count). The molecular weight excluding hydrogens is 288 g/mol. The highest BCUT2D eigenvalue weighted by Gasteiger charge is 2.07. The number of amidine groups is 1. The van der Waals surface area contributed by atoms with Gasteiger partial charge in [0.05, 0.1) is 5.57 Å². The molecule has 0 aliphatic carbocycles. The molecular formula is C19H30N2O2. The molecule has 0 radical (unpaired) electrons. The molecule has 0 aromatic rings. The zero-order chi connectivity index (χ0) is 18.8. The number of carbonyl (C=O) groups excluding carboxylic acids is 1. The van der Waals surface area contributed by atoms with Crippen LogP contribution in [0.3, 0.4) is 0 Å². The zero-order valence-corrected chi connectivity index (χ0v) is 15.0. The molecule has 4 nitrogen and oxygen atoms in total. The minimum Gasteiger partial charge on any atom is -0.424 e. The molecule has 3 N–H and O–H groups in total. The zero-order valence-electron chi connectivity index (χ0n) is 15.0. The maximum atomic E-state index is 11.7. The molecule has 0 bridgehead atoms. The summed E-state index contributed by atoms with van der Waals surface area (Å²) in [7, 11) is 0. The van der Waals surface area contributed by atoms with Gasteiger partial charge in [0, 0.05) is 5.57 Å². The summed E-state index contributed by atoms with van der Waals surface area (Å²) in [6.45, 7) is 20.4. The number of allylic oxidation sites excluding steroid dienone is 4. The van der Waals surface area contributed by atoms with Gasteiger partial charge in [-0.05, 0) is 25.2 Å². The van der Waals surface area contributed by atoms with Gasteiger partial charge >= 0.3 is 5.97 Å². The van der Waals surface area contributed by atoms with Gasteiger partial charge in [-0.15, -0.1) is 0 Å². The molecule has 0 heterocycles. The molecule has 0 spiro atoms. The van der Waals surface area contributed by atoms with Crippen LogP contribution in [0.25, 0.3) is 0 Å². The largest absolute Gasteiger partial charge is 0.424 e. The lowest BCUT2D eigenvalue weighted by molar-refractivity contribution is -0.134. The summed E-state index contributed by atoms with van der Waals surface area (Å²) >= 11 is 0. The van der Waals surface area contributed by atoms with E-state index >= 15 is 0 Å². The van der Waals surface area contributed by atoms with Crippen LogP contribution in [-0.4, -0.2) is 11.8 Å². The first-order valence-electron chi connectivity index (χ1n) is 7.50. The van der Waals surface area contributed by atoms with E-state index in [0.29, 0.717) is 11.1 Å². The van der Waals surface area contributed by atoms with Crippen LogP contribution >= 0.6 is 0 Å². The predicted octanol–water partition coefficient (Wildman–Crippen LogP) is 4.83. The van der Waals surface area contributed by atoms with E-state index in [1.165, 1.54) is 24.3 Å². The SMILES string of the molecule is C=C/C=C(\C=C/C)C(=O)OC(=C)/C=C\C(=C)C(=N)N.CC.CC. The minimum atomic E-state index is -0.541. The lowest BCUT2D eigenvalue weighted by Crippen LogP contribution is -2.10. The van der Waals surface area contributed by atoms with Crippen molar-refractivity contribution >= 4 is 11.8 Å².